The van der Waals surface area contributed by atoms with Gasteiger partial charge in [0.05, 0.1) is 17.8 Å². The van der Waals surface area contributed by atoms with E-state index < -0.39 is 23.2 Å². The van der Waals surface area contributed by atoms with Crippen LogP contribution in [0.5, 0.6) is 0 Å². The summed E-state index contributed by atoms with van der Waals surface area (Å²) < 4.78 is 6.09. The maximum Gasteiger partial charge on any atom is 0.302 e. The van der Waals surface area contributed by atoms with Gasteiger partial charge >= 0.3 is 5.97 Å². The number of rotatable bonds is 5. The fourth-order valence-corrected chi connectivity index (χ4v) is 9.21. The summed E-state index contributed by atoms with van der Waals surface area (Å²) in [5.41, 5.74) is -0.799. The van der Waals surface area contributed by atoms with E-state index in [2.05, 4.69) is 53.3 Å². The Morgan fingerprint density at radius 3 is 2.40 bits per heavy atom. The second kappa shape index (κ2) is 9.29. The van der Waals surface area contributed by atoms with Gasteiger partial charge < -0.3 is 20.1 Å². The topological polar surface area (TPSA) is 87.0 Å². The number of carbonyl (C=O) groups excluding carboxylic acids is 1. The van der Waals surface area contributed by atoms with E-state index in [1.54, 1.807) is 0 Å². The SMILES string of the molecule is C=C(C)C(C)/C=C/[C@@H](C)[C@H]1CCC2C3C[C@@H](O)[C@@]4(O)C[C@@H](O)CC[C@]4(C)C3[C@H](OC(C)=O)C[C@@]21C. The van der Waals surface area contributed by atoms with Crippen molar-refractivity contribution in [3.05, 3.63) is 24.3 Å². The highest BCUT2D eigenvalue weighted by Gasteiger charge is 2.70. The minimum absolute atomic E-state index is 0.00276. The third-order valence-corrected chi connectivity index (χ3v) is 11.3. The number of hydrogen-bond acceptors (Lipinski definition) is 5. The van der Waals surface area contributed by atoms with E-state index in [-0.39, 0.29) is 35.7 Å². The molecular weight excluding hydrogens is 440 g/mol. The monoisotopic (exact) mass is 488 g/mol. The summed E-state index contributed by atoms with van der Waals surface area (Å²) in [6, 6.07) is 0. The molecule has 5 heteroatoms. The predicted octanol–water partition coefficient (Wildman–Crippen LogP) is 5.04. The Morgan fingerprint density at radius 2 is 1.77 bits per heavy atom. The van der Waals surface area contributed by atoms with Crippen molar-refractivity contribution in [2.75, 3.05) is 0 Å². The molecule has 0 amide bonds. The molecule has 0 saturated heterocycles. The second-order valence-electron chi connectivity index (χ2n) is 13.2. The molecule has 5 nitrogen and oxygen atoms in total. The molecule has 0 spiro atoms. The molecule has 4 aliphatic carbocycles. The molecule has 0 radical (unpaired) electrons. The Balaban J connectivity index is 1.70. The zero-order valence-electron chi connectivity index (χ0n) is 22.7. The van der Waals surface area contributed by atoms with Gasteiger partial charge in [0.15, 0.2) is 0 Å². The van der Waals surface area contributed by atoms with Crippen LogP contribution in [0, 0.1) is 46.3 Å². The lowest BCUT2D eigenvalue weighted by atomic mass is 9.41. The molecule has 4 fully saturated rings. The number of ether oxygens (including phenoxy) is 1. The van der Waals surface area contributed by atoms with Gasteiger partial charge in [0, 0.05) is 24.7 Å². The standard InChI is InChI=1S/C30H48O5/c1-17(2)18(3)8-9-19(4)23-10-11-24-22-14-26(33)30(34)15-21(32)12-13-29(30,7)27(22)25(35-20(5)31)16-28(23,24)6/h8-9,18-19,21-27,32-34H,1,10-16H2,2-7H3/b9-8+/t18?,19-,21+,22?,23-,24?,25-,26-,27?,28-,29-,30+/m1/s1. The van der Waals surface area contributed by atoms with Crippen LogP contribution in [0.1, 0.15) is 86.5 Å². The number of allylic oxidation sites excluding steroid dienone is 3. The fourth-order valence-electron chi connectivity index (χ4n) is 9.21. The highest BCUT2D eigenvalue weighted by atomic mass is 16.5. The van der Waals surface area contributed by atoms with Crippen LogP contribution in [0.15, 0.2) is 24.3 Å². The van der Waals surface area contributed by atoms with Crippen molar-refractivity contribution in [3.63, 3.8) is 0 Å². The minimum Gasteiger partial charge on any atom is -0.462 e. The maximum atomic E-state index is 12.3. The summed E-state index contributed by atoms with van der Waals surface area (Å²) in [4.78, 5) is 12.3. The van der Waals surface area contributed by atoms with Gasteiger partial charge in [-0.1, -0.05) is 52.0 Å². The van der Waals surface area contributed by atoms with Crippen LogP contribution in [0.4, 0.5) is 0 Å². The van der Waals surface area contributed by atoms with Crippen molar-refractivity contribution in [2.45, 2.75) is 110 Å². The Hall–Kier alpha value is -1.17. The molecule has 198 valence electrons. The Morgan fingerprint density at radius 1 is 1.09 bits per heavy atom. The summed E-state index contributed by atoms with van der Waals surface area (Å²) in [5, 5.41) is 33.6. The molecule has 3 N–H and O–H groups in total. The van der Waals surface area contributed by atoms with Crippen LogP contribution in [0.3, 0.4) is 0 Å². The molecule has 0 aromatic heterocycles. The van der Waals surface area contributed by atoms with Crippen LogP contribution in [0.2, 0.25) is 0 Å². The van der Waals surface area contributed by atoms with Gasteiger partial charge in [-0.2, -0.15) is 0 Å². The van der Waals surface area contributed by atoms with Crippen molar-refractivity contribution < 1.29 is 24.9 Å². The van der Waals surface area contributed by atoms with Crippen molar-refractivity contribution in [2.24, 2.45) is 46.3 Å². The van der Waals surface area contributed by atoms with Gasteiger partial charge in [-0.3, -0.25) is 4.79 Å². The zero-order valence-corrected chi connectivity index (χ0v) is 22.7. The van der Waals surface area contributed by atoms with E-state index in [0.717, 1.165) is 24.8 Å². The molecule has 0 bridgehead atoms. The van der Waals surface area contributed by atoms with E-state index in [0.29, 0.717) is 42.9 Å². The van der Waals surface area contributed by atoms with Gasteiger partial charge in [-0.15, -0.1) is 0 Å². The average Bonchev–Trinajstić information content (AvgIpc) is 3.10. The lowest BCUT2D eigenvalue weighted by molar-refractivity contribution is -0.284. The lowest BCUT2D eigenvalue weighted by Gasteiger charge is -2.66. The number of aliphatic hydroxyl groups is 3. The second-order valence-corrected chi connectivity index (χ2v) is 13.2. The number of hydrogen-bond donors (Lipinski definition) is 3. The Kier molecular flexibility index (Phi) is 7.14. The number of aliphatic hydroxyl groups excluding tert-OH is 2. The molecular formula is C30H48O5. The predicted molar refractivity (Wildman–Crippen MR) is 137 cm³/mol. The molecule has 4 unspecified atom stereocenters. The summed E-state index contributed by atoms with van der Waals surface area (Å²) in [5.74, 6) is 1.53. The van der Waals surface area contributed by atoms with Crippen molar-refractivity contribution in [3.8, 4) is 0 Å². The van der Waals surface area contributed by atoms with Gasteiger partial charge in [0.2, 0.25) is 0 Å². The van der Waals surface area contributed by atoms with Crippen LogP contribution in [-0.2, 0) is 9.53 Å². The maximum absolute atomic E-state index is 12.3. The summed E-state index contributed by atoms with van der Waals surface area (Å²) in [6.45, 7) is 16.6. The van der Waals surface area contributed by atoms with Crippen molar-refractivity contribution in [1.29, 1.82) is 0 Å². The third-order valence-electron chi connectivity index (χ3n) is 11.3. The molecule has 4 saturated carbocycles. The van der Waals surface area contributed by atoms with Crippen LogP contribution < -0.4 is 0 Å². The summed E-state index contributed by atoms with van der Waals surface area (Å²) in [7, 11) is 0. The molecule has 12 atom stereocenters. The first kappa shape index (κ1) is 26.9. The van der Waals surface area contributed by atoms with Crippen LogP contribution in [-0.4, -0.2) is 45.2 Å². The lowest BCUT2D eigenvalue weighted by Crippen LogP contribution is -2.71. The van der Waals surface area contributed by atoms with Crippen molar-refractivity contribution in [1.82, 2.24) is 0 Å². The first-order valence-corrected chi connectivity index (χ1v) is 13.8. The zero-order chi connectivity index (χ0) is 25.9. The molecule has 0 aromatic rings. The number of carbonyl (C=O) groups is 1. The quantitative estimate of drug-likeness (QED) is 0.373. The Bertz CT molecular complexity index is 867. The molecule has 4 aliphatic rings. The average molecular weight is 489 g/mol. The van der Waals surface area contributed by atoms with Gasteiger partial charge in [0.25, 0.3) is 0 Å². The third kappa shape index (κ3) is 4.24. The smallest absolute Gasteiger partial charge is 0.302 e. The highest BCUT2D eigenvalue weighted by Crippen LogP contribution is 2.69. The van der Waals surface area contributed by atoms with E-state index in [4.69, 9.17) is 4.74 Å². The van der Waals surface area contributed by atoms with E-state index >= 15 is 0 Å². The first-order chi connectivity index (χ1) is 16.2. The fraction of sp³-hybridized carbons (Fsp3) is 0.833. The molecule has 0 aliphatic heterocycles. The van der Waals surface area contributed by atoms with E-state index in [9.17, 15) is 20.1 Å². The molecule has 4 rings (SSSR count). The number of fused-ring (bicyclic) bond motifs is 5. The molecule has 0 aromatic carbocycles. The van der Waals surface area contributed by atoms with Gasteiger partial charge in [0.1, 0.15) is 6.10 Å². The van der Waals surface area contributed by atoms with Crippen LogP contribution >= 0.6 is 0 Å². The number of esters is 1. The summed E-state index contributed by atoms with van der Waals surface area (Å²) >= 11 is 0. The van der Waals surface area contributed by atoms with Gasteiger partial charge in [-0.25, -0.2) is 0 Å². The van der Waals surface area contributed by atoms with Gasteiger partial charge in [-0.05, 0) is 80.5 Å². The van der Waals surface area contributed by atoms with Crippen molar-refractivity contribution >= 4 is 5.97 Å². The van der Waals surface area contributed by atoms with E-state index in [1.807, 2.05) is 0 Å². The molecule has 0 heterocycles. The highest BCUT2D eigenvalue weighted by molar-refractivity contribution is 5.66. The summed E-state index contributed by atoms with van der Waals surface area (Å²) in [6.07, 6.45) is 7.81. The first-order valence-electron chi connectivity index (χ1n) is 13.8. The largest absolute Gasteiger partial charge is 0.462 e. The molecule has 35 heavy (non-hydrogen) atoms. The minimum atomic E-state index is -1.36. The van der Waals surface area contributed by atoms with E-state index in [1.165, 1.54) is 6.92 Å². The normalized spacial score (nSPS) is 49.0. The Labute approximate surface area is 212 Å². The van der Waals surface area contributed by atoms with Crippen LogP contribution in [0.25, 0.3) is 0 Å².